The number of thioether (sulfide) groups is 1. The molecule has 2 aromatic heterocycles. The van der Waals surface area contributed by atoms with Gasteiger partial charge in [0.05, 0.1) is 21.9 Å². The monoisotopic (exact) mass is 481 g/mol. The number of carbonyl (C=O) groups is 1. The number of amides is 1. The summed E-state index contributed by atoms with van der Waals surface area (Å²) in [6.07, 6.45) is 3.24. The summed E-state index contributed by atoms with van der Waals surface area (Å²) in [7, 11) is -2.31. The van der Waals surface area contributed by atoms with Gasteiger partial charge < -0.3 is 9.73 Å². The molecule has 0 saturated carbocycles. The molecule has 1 N–H and O–H groups in total. The van der Waals surface area contributed by atoms with Crippen LogP contribution in [0.1, 0.15) is 0 Å². The Labute approximate surface area is 194 Å². The van der Waals surface area contributed by atoms with E-state index in [4.69, 9.17) is 4.42 Å². The summed E-state index contributed by atoms with van der Waals surface area (Å²) in [6.45, 7) is 0. The van der Waals surface area contributed by atoms with Crippen LogP contribution in [0.2, 0.25) is 0 Å². The molecule has 4 rings (SSSR count). The molecule has 2 heterocycles. The molecule has 0 aliphatic heterocycles. The van der Waals surface area contributed by atoms with E-state index in [1.165, 1.54) is 23.5 Å². The predicted octanol–water partition coefficient (Wildman–Crippen LogP) is 3.69. The molecule has 0 atom stereocenters. The van der Waals surface area contributed by atoms with Crippen LogP contribution in [0.25, 0.3) is 11.5 Å². The van der Waals surface area contributed by atoms with E-state index in [1.807, 2.05) is 6.07 Å². The molecule has 0 unspecified atom stereocenters. The molecule has 9 nitrogen and oxygen atoms in total. The second kappa shape index (κ2) is 9.84. The van der Waals surface area contributed by atoms with Crippen LogP contribution >= 0.6 is 11.8 Å². The van der Waals surface area contributed by atoms with Gasteiger partial charge in [0.2, 0.25) is 11.8 Å². The number of anilines is 2. The van der Waals surface area contributed by atoms with Crippen LogP contribution in [0.3, 0.4) is 0 Å². The molecule has 4 aromatic rings. The topological polar surface area (TPSA) is 118 Å². The lowest BCUT2D eigenvalue weighted by molar-refractivity contribution is -0.113. The predicted molar refractivity (Wildman–Crippen MR) is 125 cm³/mol. The Morgan fingerprint density at radius 2 is 1.88 bits per heavy atom. The van der Waals surface area contributed by atoms with Gasteiger partial charge in [0, 0.05) is 25.1 Å². The molecule has 168 valence electrons. The number of hydrogen-bond donors (Lipinski definition) is 1. The number of para-hydroxylation sites is 1. The molecule has 0 aliphatic rings. The third kappa shape index (κ3) is 5.38. The third-order valence-electron chi connectivity index (χ3n) is 4.54. The van der Waals surface area contributed by atoms with E-state index >= 15 is 0 Å². The first kappa shape index (κ1) is 22.5. The number of benzene rings is 2. The van der Waals surface area contributed by atoms with E-state index in [0.717, 1.165) is 11.8 Å². The Balaban J connectivity index is 1.39. The second-order valence-electron chi connectivity index (χ2n) is 6.79. The Hall–Kier alpha value is -3.70. The molecule has 11 heteroatoms. The quantitative estimate of drug-likeness (QED) is 0.379. The van der Waals surface area contributed by atoms with Crippen molar-refractivity contribution in [3.05, 3.63) is 79.1 Å². The summed E-state index contributed by atoms with van der Waals surface area (Å²) in [6, 6.07) is 18.4. The summed E-state index contributed by atoms with van der Waals surface area (Å²) < 4.78 is 32.7. The lowest BCUT2D eigenvalue weighted by Crippen LogP contribution is -2.26. The molecular weight excluding hydrogens is 462 g/mol. The summed E-state index contributed by atoms with van der Waals surface area (Å²) in [4.78, 5) is 16.5. The largest absolute Gasteiger partial charge is 0.411 e. The molecule has 0 spiro atoms. The van der Waals surface area contributed by atoms with Crippen molar-refractivity contribution in [3.63, 3.8) is 0 Å². The van der Waals surface area contributed by atoms with Gasteiger partial charge in [-0.25, -0.2) is 8.42 Å². The summed E-state index contributed by atoms with van der Waals surface area (Å²) in [5.41, 5.74) is 1.58. The van der Waals surface area contributed by atoms with Crippen LogP contribution in [-0.4, -0.2) is 42.3 Å². The number of hydrogen-bond acceptors (Lipinski definition) is 8. The average Bonchev–Trinajstić information content (AvgIpc) is 3.33. The number of carbonyl (C=O) groups excluding carboxylic acids is 1. The van der Waals surface area contributed by atoms with Crippen molar-refractivity contribution in [1.29, 1.82) is 0 Å². The SMILES string of the molecule is CN(c1ccccc1)S(=O)(=O)c1cccc(NC(=O)CSc2nnc(-c3cccnc3)o2)c1. The Bertz CT molecular complexity index is 1350. The standard InChI is InChI=1S/C22H19N5O4S2/c1-27(18-9-3-2-4-10-18)33(29,30)19-11-5-8-17(13-19)24-20(28)15-32-22-26-25-21(31-22)16-7-6-12-23-14-16/h2-14H,15H2,1H3,(H,24,28). The van der Waals surface area contributed by atoms with E-state index in [1.54, 1.807) is 60.9 Å². The van der Waals surface area contributed by atoms with Gasteiger partial charge in [-0.05, 0) is 42.5 Å². The zero-order chi connectivity index (χ0) is 23.3. The van der Waals surface area contributed by atoms with Gasteiger partial charge in [-0.1, -0.05) is 36.0 Å². The molecule has 2 aromatic carbocycles. The maximum Gasteiger partial charge on any atom is 0.277 e. The number of nitrogens with one attached hydrogen (secondary N) is 1. The van der Waals surface area contributed by atoms with Crippen molar-refractivity contribution in [1.82, 2.24) is 15.2 Å². The molecule has 0 fully saturated rings. The van der Waals surface area contributed by atoms with Crippen molar-refractivity contribution in [2.45, 2.75) is 10.1 Å². The number of rotatable bonds is 8. The van der Waals surface area contributed by atoms with Crippen molar-refractivity contribution >= 4 is 39.1 Å². The molecule has 33 heavy (non-hydrogen) atoms. The lowest BCUT2D eigenvalue weighted by Gasteiger charge is -2.19. The van der Waals surface area contributed by atoms with Gasteiger partial charge in [0.25, 0.3) is 15.2 Å². The first-order valence-corrected chi connectivity index (χ1v) is 12.2. The smallest absolute Gasteiger partial charge is 0.277 e. The van der Waals surface area contributed by atoms with Crippen LogP contribution in [0.5, 0.6) is 0 Å². The van der Waals surface area contributed by atoms with Crippen LogP contribution < -0.4 is 9.62 Å². The van der Waals surface area contributed by atoms with Crippen molar-refractivity contribution in [2.24, 2.45) is 0 Å². The second-order valence-corrected chi connectivity index (χ2v) is 9.68. The fourth-order valence-corrected chi connectivity index (χ4v) is 4.67. The normalized spacial score (nSPS) is 11.2. The van der Waals surface area contributed by atoms with Gasteiger partial charge in [0.15, 0.2) is 0 Å². The van der Waals surface area contributed by atoms with E-state index in [0.29, 0.717) is 22.8 Å². The highest BCUT2D eigenvalue weighted by Crippen LogP contribution is 2.25. The van der Waals surface area contributed by atoms with Crippen molar-refractivity contribution in [3.8, 4) is 11.5 Å². The van der Waals surface area contributed by atoms with Crippen LogP contribution in [0, 0.1) is 0 Å². The Morgan fingerprint density at radius 1 is 1.06 bits per heavy atom. The highest BCUT2D eigenvalue weighted by Gasteiger charge is 2.21. The minimum atomic E-state index is -3.79. The number of sulfonamides is 1. The summed E-state index contributed by atoms with van der Waals surface area (Å²) in [5, 5.41) is 10.8. The average molecular weight is 482 g/mol. The number of pyridine rings is 1. The van der Waals surface area contributed by atoms with Crippen LogP contribution in [0.4, 0.5) is 11.4 Å². The molecule has 0 aliphatic carbocycles. The van der Waals surface area contributed by atoms with Crippen LogP contribution in [0.15, 0.2) is 93.7 Å². The Kier molecular flexibility index (Phi) is 6.71. The highest BCUT2D eigenvalue weighted by atomic mass is 32.2. The lowest BCUT2D eigenvalue weighted by atomic mass is 10.3. The number of nitrogens with zero attached hydrogens (tertiary/aromatic N) is 4. The summed E-state index contributed by atoms with van der Waals surface area (Å²) in [5.74, 6) is -0.0196. The minimum Gasteiger partial charge on any atom is -0.411 e. The molecule has 1 amide bonds. The van der Waals surface area contributed by atoms with E-state index < -0.39 is 10.0 Å². The fourth-order valence-electron chi connectivity index (χ4n) is 2.87. The van der Waals surface area contributed by atoms with Crippen LogP contribution in [-0.2, 0) is 14.8 Å². The minimum absolute atomic E-state index is 0.00949. The third-order valence-corrected chi connectivity index (χ3v) is 7.14. The molecule has 0 saturated heterocycles. The zero-order valence-corrected chi connectivity index (χ0v) is 19.1. The maximum atomic E-state index is 13.0. The van der Waals surface area contributed by atoms with Gasteiger partial charge in [-0.2, -0.15) is 0 Å². The van der Waals surface area contributed by atoms with E-state index in [9.17, 15) is 13.2 Å². The zero-order valence-electron chi connectivity index (χ0n) is 17.5. The van der Waals surface area contributed by atoms with E-state index in [2.05, 4.69) is 20.5 Å². The van der Waals surface area contributed by atoms with Gasteiger partial charge in [-0.15, -0.1) is 10.2 Å². The Morgan fingerprint density at radius 3 is 2.64 bits per heavy atom. The van der Waals surface area contributed by atoms with E-state index in [-0.39, 0.29) is 21.8 Å². The summed E-state index contributed by atoms with van der Waals surface area (Å²) >= 11 is 1.08. The number of aromatic nitrogens is 3. The highest BCUT2D eigenvalue weighted by molar-refractivity contribution is 7.99. The van der Waals surface area contributed by atoms with Gasteiger partial charge >= 0.3 is 0 Å². The molecule has 0 bridgehead atoms. The molecule has 0 radical (unpaired) electrons. The van der Waals surface area contributed by atoms with Crippen molar-refractivity contribution in [2.75, 3.05) is 22.4 Å². The molecular formula is C22H19N5O4S2. The first-order valence-electron chi connectivity index (χ1n) is 9.74. The first-order chi connectivity index (χ1) is 15.9. The van der Waals surface area contributed by atoms with Gasteiger partial charge in [0.1, 0.15) is 0 Å². The maximum absolute atomic E-state index is 13.0. The van der Waals surface area contributed by atoms with Crippen molar-refractivity contribution < 1.29 is 17.6 Å². The van der Waals surface area contributed by atoms with Gasteiger partial charge in [-0.3, -0.25) is 14.1 Å². The fraction of sp³-hybridized carbons (Fsp3) is 0.0909.